The van der Waals surface area contributed by atoms with Crippen LogP contribution in [-0.2, 0) is 11.2 Å². The van der Waals surface area contributed by atoms with Crippen LogP contribution in [0.3, 0.4) is 0 Å². The van der Waals surface area contributed by atoms with E-state index >= 15 is 0 Å². The number of likely N-dealkylation sites (tertiary alicyclic amines) is 1. The van der Waals surface area contributed by atoms with Gasteiger partial charge in [-0.2, -0.15) is 0 Å². The highest BCUT2D eigenvalue weighted by molar-refractivity contribution is 9.10. The zero-order chi connectivity index (χ0) is 21.0. The van der Waals surface area contributed by atoms with E-state index in [-0.39, 0.29) is 17.7 Å². The van der Waals surface area contributed by atoms with E-state index in [2.05, 4.69) is 54.2 Å². The standard InChI is InChI=1S/C24H29BrN2O2/c1-16-14-17(2)22(18(3)15-16)8-11-26-23(28)19-9-12-27(13-10-19)24(29)20-4-6-21(25)7-5-20/h4-7,14-15,19H,8-13H2,1-3H3,(H,26,28). The molecule has 4 nitrogen and oxygen atoms in total. The van der Waals surface area contributed by atoms with Crippen LogP contribution in [0.4, 0.5) is 0 Å². The lowest BCUT2D eigenvalue weighted by Gasteiger charge is -2.31. The third-order valence-electron chi connectivity index (χ3n) is 5.76. The van der Waals surface area contributed by atoms with Crippen LogP contribution in [0.1, 0.15) is 45.5 Å². The van der Waals surface area contributed by atoms with Crippen LogP contribution in [0.25, 0.3) is 0 Å². The van der Waals surface area contributed by atoms with Gasteiger partial charge in [0.05, 0.1) is 0 Å². The highest BCUT2D eigenvalue weighted by Gasteiger charge is 2.27. The van der Waals surface area contributed by atoms with Gasteiger partial charge in [0.2, 0.25) is 5.91 Å². The molecule has 1 saturated heterocycles. The van der Waals surface area contributed by atoms with Gasteiger partial charge in [-0.1, -0.05) is 33.6 Å². The number of carbonyl (C=O) groups is 2. The number of aryl methyl sites for hydroxylation is 3. The van der Waals surface area contributed by atoms with Gasteiger partial charge in [0.25, 0.3) is 5.91 Å². The Morgan fingerprint density at radius 2 is 1.62 bits per heavy atom. The molecule has 1 fully saturated rings. The molecule has 0 unspecified atom stereocenters. The topological polar surface area (TPSA) is 49.4 Å². The van der Waals surface area contributed by atoms with Gasteiger partial charge in [-0.25, -0.2) is 0 Å². The van der Waals surface area contributed by atoms with Gasteiger partial charge in [0.15, 0.2) is 0 Å². The fourth-order valence-electron chi connectivity index (χ4n) is 4.18. The second kappa shape index (κ2) is 9.57. The van der Waals surface area contributed by atoms with Crippen LogP contribution in [0.2, 0.25) is 0 Å². The second-order valence-corrected chi connectivity index (χ2v) is 8.91. The first kappa shape index (κ1) is 21.6. The van der Waals surface area contributed by atoms with Gasteiger partial charge < -0.3 is 10.2 Å². The largest absolute Gasteiger partial charge is 0.356 e. The maximum absolute atomic E-state index is 12.6. The van der Waals surface area contributed by atoms with E-state index in [4.69, 9.17) is 0 Å². The van der Waals surface area contributed by atoms with Gasteiger partial charge in [0.1, 0.15) is 0 Å². The Bertz CT molecular complexity index is 861. The molecular formula is C24H29BrN2O2. The summed E-state index contributed by atoms with van der Waals surface area (Å²) in [6.07, 6.45) is 2.29. The summed E-state index contributed by atoms with van der Waals surface area (Å²) in [7, 11) is 0. The number of amides is 2. The monoisotopic (exact) mass is 456 g/mol. The average Bonchev–Trinajstić information content (AvgIpc) is 2.70. The Balaban J connectivity index is 1.46. The maximum Gasteiger partial charge on any atom is 0.253 e. The van der Waals surface area contributed by atoms with Crippen molar-refractivity contribution < 1.29 is 9.59 Å². The molecule has 1 N–H and O–H groups in total. The van der Waals surface area contributed by atoms with Gasteiger partial charge >= 0.3 is 0 Å². The van der Waals surface area contributed by atoms with Crippen LogP contribution in [-0.4, -0.2) is 36.3 Å². The van der Waals surface area contributed by atoms with Crippen molar-refractivity contribution in [2.75, 3.05) is 19.6 Å². The third kappa shape index (κ3) is 5.47. The highest BCUT2D eigenvalue weighted by Crippen LogP contribution is 2.21. The first-order valence-electron chi connectivity index (χ1n) is 10.2. The van der Waals surface area contributed by atoms with E-state index in [0.29, 0.717) is 25.2 Å². The van der Waals surface area contributed by atoms with Crippen molar-refractivity contribution >= 4 is 27.7 Å². The summed E-state index contributed by atoms with van der Waals surface area (Å²) in [5, 5.41) is 3.10. The molecule has 1 heterocycles. The number of nitrogens with zero attached hydrogens (tertiary/aromatic N) is 1. The molecule has 2 amide bonds. The summed E-state index contributed by atoms with van der Waals surface area (Å²) in [4.78, 5) is 27.0. The summed E-state index contributed by atoms with van der Waals surface area (Å²) >= 11 is 3.39. The summed E-state index contributed by atoms with van der Waals surface area (Å²) in [6.45, 7) is 8.29. The number of carbonyl (C=O) groups excluding carboxylic acids is 2. The molecule has 1 aliphatic rings. The molecule has 0 radical (unpaired) electrons. The number of hydrogen-bond acceptors (Lipinski definition) is 2. The van der Waals surface area contributed by atoms with Crippen molar-refractivity contribution in [3.63, 3.8) is 0 Å². The molecule has 2 aromatic rings. The zero-order valence-corrected chi connectivity index (χ0v) is 19.0. The lowest BCUT2D eigenvalue weighted by Crippen LogP contribution is -2.43. The van der Waals surface area contributed by atoms with E-state index in [9.17, 15) is 9.59 Å². The zero-order valence-electron chi connectivity index (χ0n) is 17.4. The molecule has 0 aliphatic carbocycles. The lowest BCUT2D eigenvalue weighted by molar-refractivity contribution is -0.126. The predicted molar refractivity (Wildman–Crippen MR) is 120 cm³/mol. The van der Waals surface area contributed by atoms with E-state index in [1.165, 1.54) is 22.3 Å². The summed E-state index contributed by atoms with van der Waals surface area (Å²) in [5.41, 5.74) is 5.87. The van der Waals surface area contributed by atoms with Crippen molar-refractivity contribution in [1.29, 1.82) is 0 Å². The molecule has 1 aliphatic heterocycles. The molecule has 0 atom stereocenters. The molecule has 0 spiro atoms. The van der Waals surface area contributed by atoms with Gasteiger partial charge in [0, 0.05) is 35.6 Å². The number of halogens is 1. The molecular weight excluding hydrogens is 428 g/mol. The Hall–Kier alpha value is -2.14. The molecule has 2 aromatic carbocycles. The SMILES string of the molecule is Cc1cc(C)c(CCNC(=O)C2CCN(C(=O)c3ccc(Br)cc3)CC2)c(C)c1. The maximum atomic E-state index is 12.6. The normalized spacial score (nSPS) is 14.7. The number of nitrogens with one attached hydrogen (secondary N) is 1. The van der Waals surface area contributed by atoms with Crippen LogP contribution in [0, 0.1) is 26.7 Å². The molecule has 5 heteroatoms. The Labute approximate surface area is 181 Å². The van der Waals surface area contributed by atoms with E-state index in [0.717, 1.165) is 23.7 Å². The Morgan fingerprint density at radius 3 is 2.21 bits per heavy atom. The number of hydrogen-bond donors (Lipinski definition) is 1. The van der Waals surface area contributed by atoms with E-state index in [1.54, 1.807) is 0 Å². The fourth-order valence-corrected chi connectivity index (χ4v) is 4.44. The van der Waals surface area contributed by atoms with Crippen LogP contribution >= 0.6 is 15.9 Å². The minimum atomic E-state index is -0.0100. The molecule has 3 rings (SSSR count). The smallest absolute Gasteiger partial charge is 0.253 e. The van der Waals surface area contributed by atoms with Crippen LogP contribution in [0.5, 0.6) is 0 Å². The minimum Gasteiger partial charge on any atom is -0.356 e. The molecule has 0 aromatic heterocycles. The van der Waals surface area contributed by atoms with Crippen LogP contribution in [0.15, 0.2) is 40.9 Å². The molecule has 29 heavy (non-hydrogen) atoms. The Morgan fingerprint density at radius 1 is 1.03 bits per heavy atom. The first-order chi connectivity index (χ1) is 13.8. The van der Waals surface area contributed by atoms with Crippen molar-refractivity contribution in [2.24, 2.45) is 5.92 Å². The second-order valence-electron chi connectivity index (χ2n) is 7.99. The van der Waals surface area contributed by atoms with E-state index < -0.39 is 0 Å². The predicted octanol–water partition coefficient (Wildman–Crippen LogP) is 4.59. The summed E-state index contributed by atoms with van der Waals surface area (Å²) in [5.74, 6) is 0.147. The van der Waals surface area contributed by atoms with Crippen LogP contribution < -0.4 is 5.32 Å². The van der Waals surface area contributed by atoms with Crippen molar-refractivity contribution in [3.05, 3.63) is 68.7 Å². The highest BCUT2D eigenvalue weighted by atomic mass is 79.9. The van der Waals surface area contributed by atoms with Crippen molar-refractivity contribution in [1.82, 2.24) is 10.2 Å². The Kier molecular flexibility index (Phi) is 7.12. The lowest BCUT2D eigenvalue weighted by atomic mass is 9.94. The van der Waals surface area contributed by atoms with Gasteiger partial charge in [-0.3, -0.25) is 9.59 Å². The molecule has 0 bridgehead atoms. The van der Waals surface area contributed by atoms with Crippen molar-refractivity contribution in [2.45, 2.75) is 40.0 Å². The average molecular weight is 457 g/mol. The summed E-state index contributed by atoms with van der Waals surface area (Å²) < 4.78 is 0.959. The third-order valence-corrected chi connectivity index (χ3v) is 6.29. The van der Waals surface area contributed by atoms with Gasteiger partial charge in [-0.05, 0) is 81.0 Å². The molecule has 0 saturated carbocycles. The number of piperidine rings is 1. The quantitative estimate of drug-likeness (QED) is 0.715. The first-order valence-corrected chi connectivity index (χ1v) is 11.0. The van der Waals surface area contributed by atoms with Crippen molar-refractivity contribution in [3.8, 4) is 0 Å². The fraction of sp³-hybridized carbons (Fsp3) is 0.417. The van der Waals surface area contributed by atoms with E-state index in [1.807, 2.05) is 29.2 Å². The molecule has 154 valence electrons. The summed E-state index contributed by atoms with van der Waals surface area (Å²) in [6, 6.07) is 11.8. The van der Waals surface area contributed by atoms with Gasteiger partial charge in [-0.15, -0.1) is 0 Å². The number of benzene rings is 2. The number of rotatable bonds is 5. The minimum absolute atomic E-state index is 0.0100.